The van der Waals surface area contributed by atoms with Gasteiger partial charge in [-0.1, -0.05) is 0 Å². The van der Waals surface area contributed by atoms with E-state index in [9.17, 15) is 16.8 Å². The van der Waals surface area contributed by atoms with Gasteiger partial charge in [0.05, 0.1) is 9.79 Å². The standard InChI is InChI=1S/2C10H10N3O3S.C4H10N2/c2*1-7-6-10(12-16-7)13-17(14,15)9-4-2-8(11)3-5-9;1-2-6-4-3-5-1/h2*2-6H,11H2,1H3;5-6H,1-4H2/q2*-1;/p+2. The molecule has 1 saturated heterocycles. The minimum atomic E-state index is -3.77. The Balaban J connectivity index is 0.000000183. The van der Waals surface area contributed by atoms with E-state index in [1.54, 1.807) is 13.8 Å². The van der Waals surface area contributed by atoms with Crippen molar-refractivity contribution in [3.8, 4) is 0 Å². The van der Waals surface area contributed by atoms with Crippen molar-refractivity contribution in [3.63, 3.8) is 0 Å². The van der Waals surface area contributed by atoms with Crippen molar-refractivity contribution in [1.29, 1.82) is 0 Å². The number of rotatable bonds is 6. The van der Waals surface area contributed by atoms with Gasteiger partial charge in [-0.05, 0) is 86.1 Å². The SMILES string of the molecule is C1C[NH2+]CC[NH2+]1.Cc1cc([N-]S(=O)(=O)c2ccc(N)cc2)no1.Cc1cc([N-]S(=O)(=O)c2ccc(N)cc2)no1. The number of nitrogens with two attached hydrogens (primary N) is 4. The van der Waals surface area contributed by atoms with Gasteiger partial charge in [0.15, 0.2) is 0 Å². The second-order valence-electron chi connectivity index (χ2n) is 8.59. The number of anilines is 2. The summed E-state index contributed by atoms with van der Waals surface area (Å²) in [6.45, 7) is 8.59. The third-order valence-electron chi connectivity index (χ3n) is 5.16. The van der Waals surface area contributed by atoms with E-state index >= 15 is 0 Å². The number of hydrogen-bond acceptors (Lipinski definition) is 10. The van der Waals surface area contributed by atoms with Crippen molar-refractivity contribution in [2.24, 2.45) is 0 Å². The highest BCUT2D eigenvalue weighted by Gasteiger charge is 2.11. The molecule has 0 atom stereocenters. The van der Waals surface area contributed by atoms with Crippen LogP contribution in [0, 0.1) is 13.8 Å². The van der Waals surface area contributed by atoms with E-state index in [0.717, 1.165) is 0 Å². The quantitative estimate of drug-likeness (QED) is 0.232. The zero-order valence-electron chi connectivity index (χ0n) is 22.0. The summed E-state index contributed by atoms with van der Waals surface area (Å²) in [5, 5.41) is 11.7. The van der Waals surface area contributed by atoms with Crippen molar-refractivity contribution >= 4 is 43.1 Å². The summed E-state index contributed by atoms with van der Waals surface area (Å²) in [6.07, 6.45) is 0. The highest BCUT2D eigenvalue weighted by molar-refractivity contribution is 7.94. The second-order valence-corrected chi connectivity index (χ2v) is 11.8. The highest BCUT2D eigenvalue weighted by atomic mass is 32.2. The Kier molecular flexibility index (Phi) is 10.5. The first-order valence-electron chi connectivity index (χ1n) is 12.1. The molecule has 0 radical (unpaired) electrons. The van der Waals surface area contributed by atoms with Crippen LogP contribution in [-0.2, 0) is 20.0 Å². The Labute approximate surface area is 232 Å². The zero-order valence-corrected chi connectivity index (χ0v) is 23.6. The smallest absolute Gasteiger partial charge is 0.202 e. The Morgan fingerprint density at radius 1 is 0.650 bits per heavy atom. The van der Waals surface area contributed by atoms with Gasteiger partial charge in [0, 0.05) is 11.4 Å². The van der Waals surface area contributed by atoms with Crippen LogP contribution < -0.4 is 22.1 Å². The van der Waals surface area contributed by atoms with Gasteiger partial charge in [-0.15, -0.1) is 0 Å². The van der Waals surface area contributed by atoms with Crippen LogP contribution in [0.1, 0.15) is 11.5 Å². The van der Waals surface area contributed by atoms with Crippen LogP contribution in [0.15, 0.2) is 79.5 Å². The van der Waals surface area contributed by atoms with E-state index < -0.39 is 20.0 Å². The highest BCUT2D eigenvalue weighted by Crippen LogP contribution is 2.28. The van der Waals surface area contributed by atoms with Crippen LogP contribution in [-0.4, -0.2) is 53.3 Å². The molecule has 2 aromatic heterocycles. The van der Waals surface area contributed by atoms with Gasteiger partial charge >= 0.3 is 0 Å². The van der Waals surface area contributed by atoms with Gasteiger partial charge in [-0.2, -0.15) is 0 Å². The maximum absolute atomic E-state index is 11.8. The molecule has 0 spiro atoms. The Bertz CT molecular complexity index is 1440. The monoisotopic (exact) mass is 592 g/mol. The van der Waals surface area contributed by atoms with Crippen molar-refractivity contribution in [2.45, 2.75) is 23.6 Å². The fourth-order valence-corrected chi connectivity index (χ4v) is 5.02. The summed E-state index contributed by atoms with van der Waals surface area (Å²) in [6, 6.07) is 14.4. The van der Waals surface area contributed by atoms with Gasteiger partial charge in [0.25, 0.3) is 0 Å². The lowest BCUT2D eigenvalue weighted by Crippen LogP contribution is -3.04. The lowest BCUT2D eigenvalue weighted by Gasteiger charge is -2.11. The van der Waals surface area contributed by atoms with Crippen LogP contribution >= 0.6 is 0 Å². The van der Waals surface area contributed by atoms with Gasteiger partial charge in [0.2, 0.25) is 20.0 Å². The number of piperazine rings is 1. The van der Waals surface area contributed by atoms with E-state index in [2.05, 4.69) is 30.4 Å². The van der Waals surface area contributed by atoms with Crippen molar-refractivity contribution in [2.75, 3.05) is 37.6 Å². The Hall–Kier alpha value is -4.12. The molecule has 4 aromatic rings. The molecule has 2 aromatic carbocycles. The molecule has 0 bridgehead atoms. The lowest BCUT2D eigenvalue weighted by molar-refractivity contribution is -0.787. The summed E-state index contributed by atoms with van der Waals surface area (Å²) in [7, 11) is -7.54. The molecule has 1 aliphatic rings. The fourth-order valence-electron chi connectivity index (χ4n) is 3.18. The number of nitrogen functional groups attached to an aromatic ring is 2. The molecule has 1 aliphatic heterocycles. The first kappa shape index (κ1) is 30.4. The first-order chi connectivity index (χ1) is 18.9. The molecule has 14 nitrogen and oxygen atoms in total. The summed E-state index contributed by atoms with van der Waals surface area (Å²) < 4.78 is 63.9. The number of quaternary nitrogens is 2. The maximum atomic E-state index is 11.8. The third-order valence-corrected chi connectivity index (χ3v) is 7.75. The predicted molar refractivity (Wildman–Crippen MR) is 148 cm³/mol. The maximum Gasteiger partial charge on any atom is 0.202 e. The number of aryl methyl sites for hydroxylation is 2. The largest absolute Gasteiger partial charge is 0.460 e. The van der Waals surface area contributed by atoms with Crippen LogP contribution in [0.2, 0.25) is 0 Å². The van der Waals surface area contributed by atoms with Gasteiger partial charge in [-0.25, -0.2) is 16.8 Å². The van der Waals surface area contributed by atoms with Crippen LogP contribution in [0.4, 0.5) is 23.0 Å². The van der Waals surface area contributed by atoms with Gasteiger partial charge in [0.1, 0.15) is 37.7 Å². The Morgan fingerprint density at radius 3 is 1.23 bits per heavy atom. The molecule has 8 N–H and O–H groups in total. The number of nitrogens with zero attached hydrogens (tertiary/aromatic N) is 4. The van der Waals surface area contributed by atoms with E-state index in [1.807, 2.05) is 0 Å². The molecule has 216 valence electrons. The molecular formula is C24H32N8O6S2. The van der Waals surface area contributed by atoms with Crippen molar-refractivity contribution in [3.05, 3.63) is 81.6 Å². The average Bonchev–Trinajstić information content (AvgIpc) is 3.52. The molecule has 40 heavy (non-hydrogen) atoms. The first-order valence-corrected chi connectivity index (χ1v) is 15.0. The van der Waals surface area contributed by atoms with Gasteiger partial charge < -0.3 is 40.6 Å². The van der Waals surface area contributed by atoms with Crippen molar-refractivity contribution in [1.82, 2.24) is 10.3 Å². The average molecular weight is 593 g/mol. The molecular weight excluding hydrogens is 560 g/mol. The van der Waals surface area contributed by atoms with Crippen LogP contribution in [0.5, 0.6) is 0 Å². The normalized spacial score (nSPS) is 13.2. The zero-order chi connectivity index (χ0) is 29.2. The van der Waals surface area contributed by atoms with E-state index in [1.165, 1.54) is 86.8 Å². The lowest BCUT2D eigenvalue weighted by atomic mass is 10.3. The second kappa shape index (κ2) is 13.8. The number of hydrogen-bond donors (Lipinski definition) is 4. The molecule has 5 rings (SSSR count). The van der Waals surface area contributed by atoms with E-state index in [4.69, 9.17) is 20.5 Å². The molecule has 3 heterocycles. The summed E-state index contributed by atoms with van der Waals surface area (Å²) >= 11 is 0. The predicted octanol–water partition coefficient (Wildman–Crippen LogP) is 1.05. The summed E-state index contributed by atoms with van der Waals surface area (Å²) in [5.41, 5.74) is 11.9. The molecule has 0 aliphatic carbocycles. The fraction of sp³-hybridized carbons (Fsp3) is 0.250. The van der Waals surface area contributed by atoms with Crippen LogP contribution in [0.3, 0.4) is 0 Å². The minimum absolute atomic E-state index is 0.0272. The molecule has 1 fully saturated rings. The summed E-state index contributed by atoms with van der Waals surface area (Å²) in [5.74, 6) is 1.05. The molecule has 0 unspecified atom stereocenters. The Morgan fingerprint density at radius 2 is 0.975 bits per heavy atom. The number of aromatic nitrogens is 2. The van der Waals surface area contributed by atoms with Gasteiger partial charge in [-0.3, -0.25) is 10.3 Å². The molecule has 0 amide bonds. The summed E-state index contributed by atoms with van der Waals surface area (Å²) in [4.78, 5) is 0.125. The van der Waals surface area contributed by atoms with E-state index in [-0.39, 0.29) is 21.4 Å². The number of sulfonamides is 2. The molecule has 0 saturated carbocycles. The van der Waals surface area contributed by atoms with E-state index in [0.29, 0.717) is 22.9 Å². The number of benzene rings is 2. The van der Waals surface area contributed by atoms with Crippen molar-refractivity contribution < 1.29 is 36.5 Å². The molecule has 16 heteroatoms. The topological polar surface area (TPSA) is 234 Å². The minimum Gasteiger partial charge on any atom is -0.460 e. The van der Waals surface area contributed by atoms with Crippen LogP contribution in [0.25, 0.3) is 9.44 Å². The third kappa shape index (κ3) is 9.57.